The molecule has 2 amide bonds. The number of carbonyl (C=O) groups excluding carboxylic acids is 2. The molecule has 2 aliphatic rings. The van der Waals surface area contributed by atoms with Crippen molar-refractivity contribution >= 4 is 45.3 Å². The Hall–Kier alpha value is -5.46. The second-order valence-corrected chi connectivity index (χ2v) is 12.2. The fourth-order valence-electron chi connectivity index (χ4n) is 6.69. The molecule has 234 valence electrons. The number of pyridine rings is 2. The van der Waals surface area contributed by atoms with Crippen LogP contribution in [0.1, 0.15) is 43.5 Å². The van der Waals surface area contributed by atoms with Crippen LogP contribution < -0.4 is 15.9 Å². The van der Waals surface area contributed by atoms with Gasteiger partial charge in [-0.25, -0.2) is 18.7 Å². The summed E-state index contributed by atoms with van der Waals surface area (Å²) in [5.41, 5.74) is 3.03. The molecule has 5 aromatic rings. The van der Waals surface area contributed by atoms with Crippen molar-refractivity contribution in [2.75, 3.05) is 23.3 Å². The van der Waals surface area contributed by atoms with Crippen LogP contribution in [0.4, 0.5) is 15.9 Å². The standard InChI is InChI=1S/C33H32FN9O3/c1-7-22(44)41-14-21-32(45)38-28-24-30(42(21)13-18(41)6)39-33(46)43(29-17(5)10-11-35-26(29)15(2)3)31(24)37-27(25(28)34)23-16(4)8-9-20-19(23)12-36-40-20/h7-12,15,18,21H,1,13-14H2,2-6H3,(H,36,40)(H,38,45). The highest BCUT2D eigenvalue weighted by Crippen LogP contribution is 2.43. The normalized spacial score (nSPS) is 17.8. The zero-order valence-electron chi connectivity index (χ0n) is 26.1. The lowest BCUT2D eigenvalue weighted by Gasteiger charge is -2.44. The van der Waals surface area contributed by atoms with Crippen LogP contribution in [0.15, 0.2) is 48.0 Å². The lowest BCUT2D eigenvalue weighted by molar-refractivity contribution is -0.130. The number of nitrogens with zero attached hydrogens (tertiary/aromatic N) is 7. The summed E-state index contributed by atoms with van der Waals surface area (Å²) in [6.07, 6.45) is 4.48. The van der Waals surface area contributed by atoms with Gasteiger partial charge in [0.1, 0.15) is 17.6 Å². The Labute approximate surface area is 263 Å². The van der Waals surface area contributed by atoms with Gasteiger partial charge in [0.25, 0.3) is 0 Å². The van der Waals surface area contributed by atoms with Gasteiger partial charge in [0.05, 0.1) is 40.7 Å². The Kier molecular flexibility index (Phi) is 6.72. The van der Waals surface area contributed by atoms with Gasteiger partial charge in [0.2, 0.25) is 11.8 Å². The van der Waals surface area contributed by atoms with Crippen molar-refractivity contribution in [3.05, 3.63) is 76.4 Å². The first-order chi connectivity index (χ1) is 22.0. The molecule has 4 aromatic heterocycles. The van der Waals surface area contributed by atoms with Crippen LogP contribution in [-0.4, -0.2) is 71.6 Å². The number of H-pyrrole nitrogens is 1. The topological polar surface area (TPSA) is 142 Å². The Morgan fingerprint density at radius 2 is 1.91 bits per heavy atom. The minimum atomic E-state index is -0.952. The summed E-state index contributed by atoms with van der Waals surface area (Å²) >= 11 is 0. The van der Waals surface area contributed by atoms with Gasteiger partial charge < -0.3 is 15.1 Å². The van der Waals surface area contributed by atoms with Crippen LogP contribution in [0.5, 0.6) is 0 Å². The Balaban J connectivity index is 1.62. The summed E-state index contributed by atoms with van der Waals surface area (Å²) in [7, 11) is 0. The minimum Gasteiger partial charge on any atom is -0.340 e. The van der Waals surface area contributed by atoms with E-state index >= 15 is 4.39 Å². The maximum absolute atomic E-state index is 17.1. The van der Waals surface area contributed by atoms with Gasteiger partial charge >= 0.3 is 5.69 Å². The minimum absolute atomic E-state index is 0.00729. The number of carbonyl (C=O) groups is 2. The maximum atomic E-state index is 17.1. The quantitative estimate of drug-likeness (QED) is 0.285. The molecule has 2 N–H and O–H groups in total. The van der Waals surface area contributed by atoms with Crippen molar-refractivity contribution < 1.29 is 14.0 Å². The SMILES string of the molecule is C=CC(=O)N1CC2C(=O)Nc3c(F)c(-c4c(C)ccc5[nH]ncc45)nc4c3c(nc(=O)n4-c3c(C)ccnc3C(C)C)N2CC1C. The van der Waals surface area contributed by atoms with Gasteiger partial charge in [-0.15, -0.1) is 0 Å². The van der Waals surface area contributed by atoms with Crippen molar-refractivity contribution in [3.8, 4) is 16.9 Å². The Morgan fingerprint density at radius 3 is 2.65 bits per heavy atom. The number of benzene rings is 1. The monoisotopic (exact) mass is 621 g/mol. The van der Waals surface area contributed by atoms with Crippen LogP contribution in [0, 0.1) is 19.7 Å². The van der Waals surface area contributed by atoms with E-state index in [0.717, 1.165) is 11.1 Å². The Bertz CT molecular complexity index is 2190. The highest BCUT2D eigenvalue weighted by atomic mass is 19.1. The van der Waals surface area contributed by atoms with Crippen LogP contribution >= 0.6 is 0 Å². The third-order valence-corrected chi connectivity index (χ3v) is 8.96. The van der Waals surface area contributed by atoms with Crippen LogP contribution in [0.25, 0.3) is 38.9 Å². The fourth-order valence-corrected chi connectivity index (χ4v) is 6.69. The predicted octanol–water partition coefficient (Wildman–Crippen LogP) is 4.14. The Morgan fingerprint density at radius 1 is 1.13 bits per heavy atom. The van der Waals surface area contributed by atoms with E-state index in [9.17, 15) is 14.4 Å². The average molecular weight is 622 g/mol. The molecule has 46 heavy (non-hydrogen) atoms. The molecule has 1 fully saturated rings. The van der Waals surface area contributed by atoms with Gasteiger partial charge in [-0.3, -0.25) is 19.7 Å². The van der Waals surface area contributed by atoms with Crippen molar-refractivity contribution in [3.63, 3.8) is 0 Å². The summed E-state index contributed by atoms with van der Waals surface area (Å²) < 4.78 is 18.5. The fraction of sp³-hybridized carbons (Fsp3) is 0.303. The first kappa shape index (κ1) is 29.3. The van der Waals surface area contributed by atoms with Gasteiger partial charge in [0, 0.05) is 29.7 Å². The number of aryl methyl sites for hydroxylation is 2. The number of piperazine rings is 1. The molecule has 1 saturated heterocycles. The van der Waals surface area contributed by atoms with E-state index < -0.39 is 23.5 Å². The number of amides is 2. The first-order valence-electron chi connectivity index (χ1n) is 15.1. The molecule has 13 heteroatoms. The second-order valence-electron chi connectivity index (χ2n) is 12.2. The summed E-state index contributed by atoms with van der Waals surface area (Å²) in [5.74, 6) is -1.60. The van der Waals surface area contributed by atoms with E-state index in [1.165, 1.54) is 10.6 Å². The number of hydrogen-bond donors (Lipinski definition) is 2. The van der Waals surface area contributed by atoms with E-state index in [1.54, 1.807) is 28.3 Å². The van der Waals surface area contributed by atoms with Gasteiger partial charge in [-0.2, -0.15) is 10.1 Å². The van der Waals surface area contributed by atoms with E-state index in [0.29, 0.717) is 27.8 Å². The van der Waals surface area contributed by atoms with E-state index in [4.69, 9.17) is 4.98 Å². The lowest BCUT2D eigenvalue weighted by Crippen LogP contribution is -2.62. The number of rotatable bonds is 4. The third-order valence-electron chi connectivity index (χ3n) is 8.96. The summed E-state index contributed by atoms with van der Waals surface area (Å²) in [5, 5.41) is 10.7. The molecule has 0 radical (unpaired) electrons. The van der Waals surface area contributed by atoms with Crippen LogP contribution in [0.3, 0.4) is 0 Å². The molecule has 2 aliphatic heterocycles. The number of hydrogen-bond acceptors (Lipinski definition) is 8. The van der Waals surface area contributed by atoms with E-state index in [2.05, 4.69) is 32.1 Å². The number of fused-ring (bicyclic) bond motifs is 3. The second kappa shape index (κ2) is 10.6. The molecule has 0 saturated carbocycles. The third kappa shape index (κ3) is 4.21. The zero-order valence-corrected chi connectivity index (χ0v) is 26.1. The molecule has 6 heterocycles. The van der Waals surface area contributed by atoms with Gasteiger partial charge in [-0.1, -0.05) is 26.5 Å². The number of anilines is 2. The molecular formula is C33H32FN9O3. The van der Waals surface area contributed by atoms with E-state index in [-0.39, 0.29) is 59.2 Å². The van der Waals surface area contributed by atoms with Crippen molar-refractivity contribution in [2.45, 2.75) is 52.6 Å². The number of nitrogens with one attached hydrogen (secondary N) is 2. The maximum Gasteiger partial charge on any atom is 0.355 e. The lowest BCUT2D eigenvalue weighted by atomic mass is 9.99. The highest BCUT2D eigenvalue weighted by molar-refractivity contribution is 6.12. The molecule has 0 spiro atoms. The predicted molar refractivity (Wildman–Crippen MR) is 173 cm³/mol. The van der Waals surface area contributed by atoms with Gasteiger partial charge in [-0.05, 0) is 56.0 Å². The molecule has 1 aromatic carbocycles. The van der Waals surface area contributed by atoms with Crippen LogP contribution in [-0.2, 0) is 9.59 Å². The molecule has 2 atom stereocenters. The van der Waals surface area contributed by atoms with Crippen molar-refractivity contribution in [1.29, 1.82) is 0 Å². The number of aromatic amines is 1. The molecular weight excluding hydrogens is 589 g/mol. The van der Waals surface area contributed by atoms with Crippen molar-refractivity contribution in [1.82, 2.24) is 34.6 Å². The molecule has 0 bridgehead atoms. The van der Waals surface area contributed by atoms with Crippen molar-refractivity contribution in [2.24, 2.45) is 0 Å². The number of halogens is 1. The highest BCUT2D eigenvalue weighted by Gasteiger charge is 2.43. The van der Waals surface area contributed by atoms with Crippen LogP contribution in [0.2, 0.25) is 0 Å². The zero-order chi connectivity index (χ0) is 32.6. The number of aromatic nitrogens is 6. The smallest absolute Gasteiger partial charge is 0.340 e. The molecule has 0 aliphatic carbocycles. The molecule has 12 nitrogen and oxygen atoms in total. The average Bonchev–Trinajstić information content (AvgIpc) is 3.46. The summed E-state index contributed by atoms with van der Waals surface area (Å²) in [6.45, 7) is 13.2. The van der Waals surface area contributed by atoms with Gasteiger partial charge in [0.15, 0.2) is 11.5 Å². The summed E-state index contributed by atoms with van der Waals surface area (Å²) in [4.78, 5) is 58.2. The molecule has 2 unspecified atom stereocenters. The molecule has 7 rings (SSSR count). The van der Waals surface area contributed by atoms with E-state index in [1.807, 2.05) is 46.8 Å². The largest absolute Gasteiger partial charge is 0.355 e. The summed E-state index contributed by atoms with van der Waals surface area (Å²) in [6, 6.07) is 4.16. The first-order valence-corrected chi connectivity index (χ1v) is 15.1.